The van der Waals surface area contributed by atoms with Crippen molar-refractivity contribution < 1.29 is 19.0 Å². The van der Waals surface area contributed by atoms with Crippen LogP contribution < -0.4 is 11.1 Å². The molecule has 1 aliphatic carbocycles. The molecule has 0 spiro atoms. The molecule has 2 atom stereocenters. The Labute approximate surface area is 121 Å². The van der Waals surface area contributed by atoms with Crippen LogP contribution in [0.4, 0.5) is 0 Å². The molecule has 0 bridgehead atoms. The van der Waals surface area contributed by atoms with Crippen molar-refractivity contribution in [3.05, 3.63) is 0 Å². The molecule has 0 aromatic rings. The summed E-state index contributed by atoms with van der Waals surface area (Å²) in [6.45, 7) is 2.52. The van der Waals surface area contributed by atoms with E-state index >= 15 is 0 Å². The van der Waals surface area contributed by atoms with Gasteiger partial charge in [-0.05, 0) is 32.7 Å². The van der Waals surface area contributed by atoms with Gasteiger partial charge in [0.15, 0.2) is 0 Å². The number of carbonyl (C=O) groups excluding carboxylic acids is 1. The van der Waals surface area contributed by atoms with Gasteiger partial charge in [-0.25, -0.2) is 0 Å². The standard InChI is InChI=1S/C14H28N2O4/c1-16-14(13(15)17)6-3-5-12(11-14)20-10-9-19-8-4-7-18-2/h12,16H,3-11H2,1-2H3,(H2,15,17). The average Bonchev–Trinajstić information content (AvgIpc) is 2.46. The summed E-state index contributed by atoms with van der Waals surface area (Å²) in [6, 6.07) is 0. The second-order valence-electron chi connectivity index (χ2n) is 5.24. The van der Waals surface area contributed by atoms with Crippen LogP contribution in [0.5, 0.6) is 0 Å². The van der Waals surface area contributed by atoms with E-state index in [2.05, 4.69) is 5.32 Å². The Morgan fingerprint density at radius 1 is 1.35 bits per heavy atom. The molecule has 6 heteroatoms. The molecule has 0 aliphatic heterocycles. The lowest BCUT2D eigenvalue weighted by atomic mass is 9.79. The second-order valence-corrected chi connectivity index (χ2v) is 5.24. The molecule has 0 aromatic heterocycles. The maximum absolute atomic E-state index is 11.6. The number of methoxy groups -OCH3 is 1. The zero-order valence-corrected chi connectivity index (χ0v) is 12.7. The van der Waals surface area contributed by atoms with Crippen LogP contribution >= 0.6 is 0 Å². The monoisotopic (exact) mass is 288 g/mol. The first kappa shape index (κ1) is 17.4. The van der Waals surface area contributed by atoms with Crippen molar-refractivity contribution >= 4 is 5.91 Å². The van der Waals surface area contributed by atoms with Crippen molar-refractivity contribution in [2.45, 2.75) is 43.7 Å². The fraction of sp³-hybridized carbons (Fsp3) is 0.929. The van der Waals surface area contributed by atoms with E-state index in [1.54, 1.807) is 14.2 Å². The van der Waals surface area contributed by atoms with Crippen molar-refractivity contribution in [1.82, 2.24) is 5.32 Å². The van der Waals surface area contributed by atoms with Crippen molar-refractivity contribution in [2.75, 3.05) is 40.6 Å². The highest BCUT2D eigenvalue weighted by Gasteiger charge is 2.40. The van der Waals surface area contributed by atoms with Gasteiger partial charge in [0.05, 0.1) is 24.9 Å². The van der Waals surface area contributed by atoms with Crippen LogP contribution in [0, 0.1) is 0 Å². The van der Waals surface area contributed by atoms with E-state index in [-0.39, 0.29) is 12.0 Å². The van der Waals surface area contributed by atoms with E-state index in [9.17, 15) is 4.79 Å². The molecule has 3 N–H and O–H groups in total. The molecule has 118 valence electrons. The molecular formula is C14H28N2O4. The van der Waals surface area contributed by atoms with Crippen molar-refractivity contribution in [3.63, 3.8) is 0 Å². The van der Waals surface area contributed by atoms with Crippen molar-refractivity contribution in [2.24, 2.45) is 5.73 Å². The van der Waals surface area contributed by atoms with Gasteiger partial charge in [-0.1, -0.05) is 0 Å². The van der Waals surface area contributed by atoms with Gasteiger partial charge in [0.25, 0.3) is 0 Å². The van der Waals surface area contributed by atoms with Gasteiger partial charge >= 0.3 is 0 Å². The van der Waals surface area contributed by atoms with Crippen LogP contribution in [-0.4, -0.2) is 58.1 Å². The molecule has 0 aromatic carbocycles. The quantitative estimate of drug-likeness (QED) is 0.570. The van der Waals surface area contributed by atoms with E-state index in [4.69, 9.17) is 19.9 Å². The predicted molar refractivity (Wildman–Crippen MR) is 76.5 cm³/mol. The summed E-state index contributed by atoms with van der Waals surface area (Å²) >= 11 is 0. The van der Waals surface area contributed by atoms with Crippen molar-refractivity contribution in [1.29, 1.82) is 0 Å². The molecule has 1 fully saturated rings. The van der Waals surface area contributed by atoms with Crippen LogP contribution in [0.3, 0.4) is 0 Å². The lowest BCUT2D eigenvalue weighted by molar-refractivity contribution is -0.128. The third-order valence-corrected chi connectivity index (χ3v) is 3.87. The smallest absolute Gasteiger partial charge is 0.237 e. The Kier molecular flexibility index (Phi) is 8.06. The number of nitrogens with one attached hydrogen (secondary N) is 1. The molecular weight excluding hydrogens is 260 g/mol. The zero-order chi connectivity index (χ0) is 14.8. The van der Waals surface area contributed by atoms with Gasteiger partial charge in [-0.3, -0.25) is 4.79 Å². The number of primary amides is 1. The van der Waals surface area contributed by atoms with Gasteiger partial charge in [0.1, 0.15) is 0 Å². The third kappa shape index (κ3) is 5.36. The Morgan fingerprint density at radius 3 is 2.80 bits per heavy atom. The normalized spacial score (nSPS) is 26.6. The fourth-order valence-electron chi connectivity index (χ4n) is 2.62. The van der Waals surface area contributed by atoms with E-state index < -0.39 is 5.54 Å². The lowest BCUT2D eigenvalue weighted by Gasteiger charge is -2.38. The van der Waals surface area contributed by atoms with E-state index in [0.29, 0.717) is 32.8 Å². The van der Waals surface area contributed by atoms with E-state index in [1.807, 2.05) is 0 Å². The van der Waals surface area contributed by atoms with Crippen LogP contribution in [0.15, 0.2) is 0 Å². The Hall–Kier alpha value is -0.690. The Bertz CT molecular complexity index is 288. The van der Waals surface area contributed by atoms with Crippen molar-refractivity contribution in [3.8, 4) is 0 Å². The highest BCUT2D eigenvalue weighted by Crippen LogP contribution is 2.29. The number of carbonyl (C=O) groups is 1. The minimum absolute atomic E-state index is 0.0753. The summed E-state index contributed by atoms with van der Waals surface area (Å²) < 4.78 is 16.2. The van der Waals surface area contributed by atoms with Gasteiger partial charge < -0.3 is 25.3 Å². The van der Waals surface area contributed by atoms with E-state index in [1.165, 1.54) is 0 Å². The Balaban J connectivity index is 2.19. The highest BCUT2D eigenvalue weighted by molar-refractivity contribution is 5.84. The highest BCUT2D eigenvalue weighted by atomic mass is 16.5. The number of nitrogens with two attached hydrogens (primary N) is 1. The number of hydrogen-bond acceptors (Lipinski definition) is 5. The Morgan fingerprint density at radius 2 is 2.15 bits per heavy atom. The summed E-state index contributed by atoms with van der Waals surface area (Å²) in [5.41, 5.74) is 4.90. The number of ether oxygens (including phenoxy) is 3. The third-order valence-electron chi connectivity index (χ3n) is 3.87. The molecule has 6 nitrogen and oxygen atoms in total. The minimum Gasteiger partial charge on any atom is -0.385 e. The summed E-state index contributed by atoms with van der Waals surface area (Å²) in [5, 5.41) is 3.07. The summed E-state index contributed by atoms with van der Waals surface area (Å²) in [6.07, 6.45) is 4.31. The van der Waals surface area contributed by atoms with Crippen LogP contribution in [0.25, 0.3) is 0 Å². The van der Waals surface area contributed by atoms with E-state index in [0.717, 1.165) is 25.7 Å². The number of likely N-dealkylation sites (N-methyl/N-ethyl adjacent to an activating group) is 1. The summed E-state index contributed by atoms with van der Waals surface area (Å²) in [7, 11) is 3.46. The summed E-state index contributed by atoms with van der Waals surface area (Å²) in [5.74, 6) is -0.288. The predicted octanol–water partition coefficient (Wildman–Crippen LogP) is 0.442. The average molecular weight is 288 g/mol. The zero-order valence-electron chi connectivity index (χ0n) is 12.7. The topological polar surface area (TPSA) is 82.8 Å². The molecule has 1 saturated carbocycles. The van der Waals surface area contributed by atoms with Crippen LogP contribution in [0.1, 0.15) is 32.1 Å². The lowest BCUT2D eigenvalue weighted by Crippen LogP contribution is -2.57. The molecule has 0 radical (unpaired) electrons. The summed E-state index contributed by atoms with van der Waals surface area (Å²) in [4.78, 5) is 11.6. The molecule has 0 saturated heterocycles. The maximum atomic E-state index is 11.6. The van der Waals surface area contributed by atoms with Gasteiger partial charge in [-0.2, -0.15) is 0 Å². The molecule has 2 unspecified atom stereocenters. The SMILES string of the molecule is CNC1(C(N)=O)CCCC(OCCOCCCOC)C1. The molecule has 1 rings (SSSR count). The van der Waals surface area contributed by atoms with Gasteiger partial charge in [0, 0.05) is 26.7 Å². The molecule has 1 amide bonds. The number of amides is 1. The first-order valence-electron chi connectivity index (χ1n) is 7.32. The van der Waals surface area contributed by atoms with Crippen LogP contribution in [-0.2, 0) is 19.0 Å². The second kappa shape index (κ2) is 9.28. The maximum Gasteiger partial charge on any atom is 0.237 e. The van der Waals surface area contributed by atoms with Crippen LogP contribution in [0.2, 0.25) is 0 Å². The number of hydrogen-bond donors (Lipinski definition) is 2. The van der Waals surface area contributed by atoms with Gasteiger partial charge in [-0.15, -0.1) is 0 Å². The van der Waals surface area contributed by atoms with Gasteiger partial charge in [0.2, 0.25) is 5.91 Å². The molecule has 0 heterocycles. The largest absolute Gasteiger partial charge is 0.385 e. The molecule has 20 heavy (non-hydrogen) atoms. The fourth-order valence-corrected chi connectivity index (χ4v) is 2.62. The first-order chi connectivity index (χ1) is 9.64. The molecule has 1 aliphatic rings. The first-order valence-corrected chi connectivity index (χ1v) is 7.32. The number of rotatable bonds is 10. The minimum atomic E-state index is -0.609.